The molecule has 4 atom stereocenters. The van der Waals surface area contributed by atoms with Crippen LogP contribution in [0.25, 0.3) is 0 Å². The molecule has 0 aromatic rings. The maximum atomic E-state index is 11.4. The van der Waals surface area contributed by atoms with Crippen molar-refractivity contribution in [3.63, 3.8) is 0 Å². The van der Waals surface area contributed by atoms with E-state index in [9.17, 15) is 9.59 Å². The zero-order valence-corrected chi connectivity index (χ0v) is 10.9. The van der Waals surface area contributed by atoms with Crippen molar-refractivity contribution in [3.05, 3.63) is 0 Å². The second-order valence-corrected chi connectivity index (χ2v) is 4.39. The van der Waals surface area contributed by atoms with E-state index in [1.807, 2.05) is 0 Å². The molecule has 0 unspecified atom stereocenters. The van der Waals surface area contributed by atoms with E-state index < -0.39 is 37.0 Å². The van der Waals surface area contributed by atoms with E-state index in [1.54, 1.807) is 6.92 Å². The molecule has 0 aromatic heterocycles. The molecule has 2 aliphatic heterocycles. The summed E-state index contributed by atoms with van der Waals surface area (Å²) >= 11 is 0. The van der Waals surface area contributed by atoms with Crippen LogP contribution < -0.4 is 0 Å². The molecule has 8 heteroatoms. The van der Waals surface area contributed by atoms with Gasteiger partial charge < -0.3 is 23.7 Å². The van der Waals surface area contributed by atoms with Crippen LogP contribution >= 0.6 is 0 Å². The fourth-order valence-corrected chi connectivity index (χ4v) is 2.18. The van der Waals surface area contributed by atoms with Crippen molar-refractivity contribution in [2.24, 2.45) is 0 Å². The highest BCUT2D eigenvalue weighted by Crippen LogP contribution is 2.30. The van der Waals surface area contributed by atoms with Crippen LogP contribution in [0.3, 0.4) is 0 Å². The minimum absolute atomic E-state index is 0.161. The zero-order valence-electron chi connectivity index (χ0n) is 10.9. The lowest BCUT2D eigenvalue weighted by Gasteiger charge is -2.16. The summed E-state index contributed by atoms with van der Waals surface area (Å²) in [4.78, 5) is 22.6. The predicted octanol–water partition coefficient (Wildman–Crippen LogP) is -0.485. The van der Waals surface area contributed by atoms with E-state index in [1.165, 1.54) is 6.26 Å². The Hall–Kier alpha value is -1.85. The fourth-order valence-electron chi connectivity index (χ4n) is 2.18. The topological polar surface area (TPSA) is 104 Å². The van der Waals surface area contributed by atoms with E-state index in [4.69, 9.17) is 24.2 Å². The Morgan fingerprint density at radius 2 is 1.70 bits per heavy atom. The third-order valence-electron chi connectivity index (χ3n) is 3.07. The number of nitriles is 1. The first-order chi connectivity index (χ1) is 9.65. The highest BCUT2D eigenvalue weighted by Gasteiger charge is 2.51. The fraction of sp³-hybridized carbons (Fsp3) is 0.750. The largest absolute Gasteiger partial charge is 0.457 e. The summed E-state index contributed by atoms with van der Waals surface area (Å²) in [6, 6.07) is 0. The smallest absolute Gasteiger partial charge is 0.345 e. The van der Waals surface area contributed by atoms with Gasteiger partial charge in [-0.15, -0.1) is 0 Å². The molecule has 0 aromatic carbocycles. The Labute approximate surface area is 115 Å². The van der Waals surface area contributed by atoms with Crippen molar-refractivity contribution >= 4 is 11.9 Å². The van der Waals surface area contributed by atoms with Crippen molar-refractivity contribution in [1.82, 2.24) is 0 Å². The Balaban J connectivity index is 1.84. The highest BCUT2D eigenvalue weighted by molar-refractivity contribution is 5.71. The van der Waals surface area contributed by atoms with Crippen LogP contribution in [-0.2, 0) is 33.3 Å². The molecule has 20 heavy (non-hydrogen) atoms. The predicted molar refractivity (Wildman–Crippen MR) is 61.1 cm³/mol. The molecule has 2 heterocycles. The zero-order chi connectivity index (χ0) is 14.5. The quantitative estimate of drug-likeness (QED) is 0.492. The van der Waals surface area contributed by atoms with Crippen LogP contribution in [0, 0.1) is 11.5 Å². The standard InChI is InChI=1S/C12H15NO7/c1-2-9(14)19-7-3-17-12-8(4-18-11(7)12)20-10(15)5-16-6-13/h7-8,11-12H,2-5H2,1H3/t7-,8+,11+,12+/m0/s1. The average Bonchev–Trinajstić information content (AvgIpc) is 3.00. The molecule has 110 valence electrons. The summed E-state index contributed by atoms with van der Waals surface area (Å²) in [7, 11) is 0. The molecule has 0 radical (unpaired) electrons. The summed E-state index contributed by atoms with van der Waals surface area (Å²) in [6.07, 6.45) is -0.296. The first-order valence-corrected chi connectivity index (χ1v) is 6.28. The van der Waals surface area contributed by atoms with Crippen LogP contribution in [0.2, 0.25) is 0 Å². The molecule has 8 nitrogen and oxygen atoms in total. The Kier molecular flexibility index (Phi) is 4.76. The Morgan fingerprint density at radius 1 is 1.15 bits per heavy atom. The van der Waals surface area contributed by atoms with Crippen LogP contribution in [0.5, 0.6) is 0 Å². The second-order valence-electron chi connectivity index (χ2n) is 4.39. The normalized spacial score (nSPS) is 31.2. The minimum atomic E-state index is -0.668. The van der Waals surface area contributed by atoms with Crippen LogP contribution in [0.1, 0.15) is 13.3 Å². The molecule has 0 bridgehead atoms. The van der Waals surface area contributed by atoms with Crippen molar-refractivity contribution in [2.45, 2.75) is 37.8 Å². The molecule has 0 spiro atoms. The molecule has 0 saturated carbocycles. The first kappa shape index (κ1) is 14.6. The maximum absolute atomic E-state index is 11.4. The van der Waals surface area contributed by atoms with Gasteiger partial charge in [0.2, 0.25) is 0 Å². The van der Waals surface area contributed by atoms with Gasteiger partial charge in [-0.1, -0.05) is 6.92 Å². The van der Waals surface area contributed by atoms with E-state index in [0.717, 1.165) is 0 Å². The monoisotopic (exact) mass is 285 g/mol. The summed E-state index contributed by atoms with van der Waals surface area (Å²) < 4.78 is 25.5. The lowest BCUT2D eigenvalue weighted by molar-refractivity contribution is -0.157. The Morgan fingerprint density at radius 3 is 2.20 bits per heavy atom. The second kappa shape index (κ2) is 6.54. The number of ether oxygens (including phenoxy) is 5. The van der Waals surface area contributed by atoms with E-state index in [0.29, 0.717) is 0 Å². The van der Waals surface area contributed by atoms with Crippen LogP contribution in [-0.4, -0.2) is 56.2 Å². The minimum Gasteiger partial charge on any atom is -0.457 e. The van der Waals surface area contributed by atoms with Crippen molar-refractivity contribution in [2.75, 3.05) is 19.8 Å². The molecular formula is C12H15NO7. The van der Waals surface area contributed by atoms with Gasteiger partial charge in [0.25, 0.3) is 6.26 Å². The van der Waals surface area contributed by atoms with Gasteiger partial charge in [-0.25, -0.2) is 4.79 Å². The molecule has 2 aliphatic rings. The van der Waals surface area contributed by atoms with Gasteiger partial charge in [-0.05, 0) is 0 Å². The van der Waals surface area contributed by atoms with Gasteiger partial charge in [0, 0.05) is 6.42 Å². The van der Waals surface area contributed by atoms with Crippen LogP contribution in [0.15, 0.2) is 0 Å². The molecule has 0 amide bonds. The number of esters is 2. The van der Waals surface area contributed by atoms with Gasteiger partial charge in [-0.3, -0.25) is 4.79 Å². The van der Waals surface area contributed by atoms with Gasteiger partial charge in [0.05, 0.1) is 13.2 Å². The summed E-state index contributed by atoms with van der Waals surface area (Å²) in [5.41, 5.74) is 0. The van der Waals surface area contributed by atoms with Crippen molar-refractivity contribution in [1.29, 1.82) is 5.26 Å². The lowest BCUT2D eigenvalue weighted by atomic mass is 10.1. The van der Waals surface area contributed by atoms with Crippen molar-refractivity contribution in [3.8, 4) is 6.26 Å². The molecule has 0 aliphatic carbocycles. The summed E-state index contributed by atoms with van der Waals surface area (Å²) in [6.45, 7) is 1.63. The average molecular weight is 285 g/mol. The molecule has 0 N–H and O–H groups in total. The number of carbonyl (C=O) groups is 2. The number of nitrogens with zero attached hydrogens (tertiary/aromatic N) is 1. The van der Waals surface area contributed by atoms with E-state index >= 15 is 0 Å². The molecule has 2 fully saturated rings. The van der Waals surface area contributed by atoms with Crippen molar-refractivity contribution < 1.29 is 33.3 Å². The number of hydrogen-bond donors (Lipinski definition) is 0. The highest BCUT2D eigenvalue weighted by atomic mass is 16.7. The maximum Gasteiger partial charge on any atom is 0.345 e. The molecular weight excluding hydrogens is 270 g/mol. The van der Waals surface area contributed by atoms with Crippen LogP contribution in [0.4, 0.5) is 0 Å². The summed E-state index contributed by atoms with van der Waals surface area (Å²) in [5, 5.41) is 8.19. The first-order valence-electron chi connectivity index (χ1n) is 6.28. The van der Waals surface area contributed by atoms with Gasteiger partial charge in [0.1, 0.15) is 12.2 Å². The van der Waals surface area contributed by atoms with Gasteiger partial charge in [0.15, 0.2) is 18.8 Å². The Bertz CT molecular complexity index is 419. The molecule has 2 rings (SSSR count). The third-order valence-corrected chi connectivity index (χ3v) is 3.07. The number of fused-ring (bicyclic) bond motifs is 1. The SMILES string of the molecule is CCC(=O)O[C@H]1CO[C@H]2[C@@H]1OC[C@H]2OC(=O)COC#N. The summed E-state index contributed by atoms with van der Waals surface area (Å²) in [5.74, 6) is -0.996. The number of rotatable bonds is 5. The molecule has 2 saturated heterocycles. The number of carbonyl (C=O) groups excluding carboxylic acids is 2. The van der Waals surface area contributed by atoms with Gasteiger partial charge >= 0.3 is 11.9 Å². The third kappa shape index (κ3) is 3.18. The number of hydrogen-bond acceptors (Lipinski definition) is 8. The van der Waals surface area contributed by atoms with E-state index in [2.05, 4.69) is 4.74 Å². The lowest BCUT2D eigenvalue weighted by Crippen LogP contribution is -2.36. The van der Waals surface area contributed by atoms with Gasteiger partial charge in [-0.2, -0.15) is 5.26 Å². The van der Waals surface area contributed by atoms with E-state index in [-0.39, 0.29) is 25.6 Å².